The first-order valence-electron chi connectivity index (χ1n) is 8.69. The van der Waals surface area contributed by atoms with E-state index in [0.29, 0.717) is 0 Å². The van der Waals surface area contributed by atoms with E-state index in [4.69, 9.17) is 0 Å². The van der Waals surface area contributed by atoms with E-state index < -0.39 is 0 Å². The zero-order valence-electron chi connectivity index (χ0n) is 14.3. The molecule has 0 aromatic heterocycles. The molecule has 124 valence electrons. The van der Waals surface area contributed by atoms with Crippen molar-refractivity contribution in [1.82, 2.24) is 0 Å². The third-order valence-corrected chi connectivity index (χ3v) is 5.17. The summed E-state index contributed by atoms with van der Waals surface area (Å²) in [6.45, 7) is 2.04. The molecular weight excluding hydrogens is 306 g/mol. The Labute approximate surface area is 148 Å². The van der Waals surface area contributed by atoms with Crippen molar-refractivity contribution in [2.24, 2.45) is 5.92 Å². The second-order valence-electron chi connectivity index (χ2n) is 6.82. The van der Waals surface area contributed by atoms with Gasteiger partial charge in [0, 0.05) is 11.1 Å². The molecule has 1 unspecified atom stereocenters. The number of hydrogen-bond acceptors (Lipinski definition) is 1. The molecule has 25 heavy (non-hydrogen) atoms. The van der Waals surface area contributed by atoms with Gasteiger partial charge >= 0.3 is 0 Å². The number of aryl methyl sites for hydroxylation is 1. The van der Waals surface area contributed by atoms with E-state index in [1.165, 1.54) is 16.7 Å². The van der Waals surface area contributed by atoms with E-state index in [1.807, 2.05) is 67.6 Å². The third-order valence-electron chi connectivity index (χ3n) is 5.17. The van der Waals surface area contributed by atoms with Crippen LogP contribution in [0.3, 0.4) is 0 Å². The molecule has 3 aromatic carbocycles. The van der Waals surface area contributed by atoms with Gasteiger partial charge in [0.05, 0.1) is 5.92 Å². The van der Waals surface area contributed by atoms with Gasteiger partial charge < -0.3 is 5.32 Å². The predicted octanol–water partition coefficient (Wildman–Crippen LogP) is 4.94. The maximum Gasteiger partial charge on any atom is 0.228 e. The molecule has 2 nitrogen and oxygen atoms in total. The van der Waals surface area contributed by atoms with Crippen LogP contribution < -0.4 is 5.32 Å². The molecule has 1 aliphatic rings. The Morgan fingerprint density at radius 2 is 1.36 bits per heavy atom. The second kappa shape index (κ2) is 6.21. The van der Waals surface area contributed by atoms with Gasteiger partial charge in [-0.05, 0) is 36.6 Å². The molecule has 1 amide bonds. The van der Waals surface area contributed by atoms with Crippen LogP contribution in [0.1, 0.15) is 23.1 Å². The van der Waals surface area contributed by atoms with E-state index >= 15 is 0 Å². The van der Waals surface area contributed by atoms with Crippen LogP contribution >= 0.6 is 0 Å². The summed E-state index contributed by atoms with van der Waals surface area (Å²) in [5.74, 6) is 0.0511. The fraction of sp³-hybridized carbons (Fsp3) is 0.174. The lowest BCUT2D eigenvalue weighted by Gasteiger charge is -2.19. The van der Waals surface area contributed by atoms with E-state index in [-0.39, 0.29) is 17.2 Å². The normalized spacial score (nSPS) is 17.7. The van der Waals surface area contributed by atoms with Crippen molar-refractivity contribution in [3.8, 4) is 0 Å². The topological polar surface area (TPSA) is 29.1 Å². The average molecular weight is 327 g/mol. The van der Waals surface area contributed by atoms with Crippen LogP contribution in [0.2, 0.25) is 0 Å². The average Bonchev–Trinajstić information content (AvgIpc) is 3.42. The number of benzene rings is 3. The van der Waals surface area contributed by atoms with Crippen molar-refractivity contribution in [2.75, 3.05) is 5.32 Å². The molecule has 1 aliphatic carbocycles. The molecule has 3 aromatic rings. The molecule has 0 saturated heterocycles. The Morgan fingerprint density at radius 1 is 0.840 bits per heavy atom. The molecule has 1 fully saturated rings. The number of anilines is 1. The molecule has 0 spiro atoms. The summed E-state index contributed by atoms with van der Waals surface area (Å²) >= 11 is 0. The molecule has 1 atom stereocenters. The SMILES string of the molecule is Cc1ccc(NC(=O)C2CC2(c2ccccc2)c2ccccc2)cc1. The zero-order valence-corrected chi connectivity index (χ0v) is 14.3. The minimum Gasteiger partial charge on any atom is -0.326 e. The van der Waals surface area contributed by atoms with Gasteiger partial charge in [0.2, 0.25) is 5.91 Å². The van der Waals surface area contributed by atoms with Crippen LogP contribution in [0.4, 0.5) is 5.69 Å². The molecule has 1 saturated carbocycles. The summed E-state index contributed by atoms with van der Waals surface area (Å²) < 4.78 is 0. The maximum atomic E-state index is 12.9. The first-order valence-corrected chi connectivity index (χ1v) is 8.69. The highest BCUT2D eigenvalue weighted by atomic mass is 16.2. The summed E-state index contributed by atoms with van der Waals surface area (Å²) in [6, 6.07) is 28.7. The maximum absolute atomic E-state index is 12.9. The summed E-state index contributed by atoms with van der Waals surface area (Å²) in [5.41, 5.74) is 4.26. The summed E-state index contributed by atoms with van der Waals surface area (Å²) in [7, 11) is 0. The van der Waals surface area contributed by atoms with Crippen molar-refractivity contribution in [3.05, 3.63) is 102 Å². The van der Waals surface area contributed by atoms with Gasteiger partial charge in [-0.15, -0.1) is 0 Å². The quantitative estimate of drug-likeness (QED) is 0.722. The standard InChI is InChI=1S/C23H21NO/c1-17-12-14-20(15-13-17)24-22(25)21-16-23(21,18-8-4-2-5-9-18)19-10-6-3-7-11-19/h2-15,21H,16H2,1H3,(H,24,25). The lowest BCUT2D eigenvalue weighted by Crippen LogP contribution is -2.22. The Balaban J connectivity index is 1.64. The van der Waals surface area contributed by atoms with Gasteiger partial charge in [-0.1, -0.05) is 78.4 Å². The molecule has 1 N–H and O–H groups in total. The van der Waals surface area contributed by atoms with Gasteiger partial charge in [-0.2, -0.15) is 0 Å². The first kappa shape index (κ1) is 15.6. The highest BCUT2D eigenvalue weighted by molar-refractivity contribution is 5.97. The zero-order chi connectivity index (χ0) is 17.3. The number of carbonyl (C=O) groups is 1. The summed E-state index contributed by atoms with van der Waals surface area (Å²) in [4.78, 5) is 12.9. The van der Waals surface area contributed by atoms with Crippen molar-refractivity contribution >= 4 is 11.6 Å². The fourth-order valence-electron chi connectivity index (χ4n) is 3.72. The smallest absolute Gasteiger partial charge is 0.228 e. The predicted molar refractivity (Wildman–Crippen MR) is 102 cm³/mol. The lowest BCUT2D eigenvalue weighted by atomic mass is 9.85. The Bertz CT molecular complexity index is 829. The van der Waals surface area contributed by atoms with Crippen molar-refractivity contribution in [3.63, 3.8) is 0 Å². The van der Waals surface area contributed by atoms with Crippen molar-refractivity contribution in [1.29, 1.82) is 0 Å². The molecule has 0 heterocycles. The van der Waals surface area contributed by atoms with Gasteiger partial charge in [0.15, 0.2) is 0 Å². The summed E-state index contributed by atoms with van der Waals surface area (Å²) in [5, 5.41) is 3.09. The minimum absolute atomic E-state index is 0.0430. The number of rotatable bonds is 4. The van der Waals surface area contributed by atoms with E-state index in [9.17, 15) is 4.79 Å². The van der Waals surface area contributed by atoms with Crippen molar-refractivity contribution < 1.29 is 4.79 Å². The monoisotopic (exact) mass is 327 g/mol. The van der Waals surface area contributed by atoms with Crippen molar-refractivity contribution in [2.45, 2.75) is 18.8 Å². The Kier molecular flexibility index (Phi) is 3.89. The lowest BCUT2D eigenvalue weighted by molar-refractivity contribution is -0.117. The summed E-state index contributed by atoms with van der Waals surface area (Å²) in [6.07, 6.45) is 0.846. The number of hydrogen-bond donors (Lipinski definition) is 1. The Morgan fingerprint density at radius 3 is 1.88 bits per heavy atom. The van der Waals surface area contributed by atoms with Gasteiger partial charge in [0.25, 0.3) is 0 Å². The van der Waals surface area contributed by atoms with Crippen LogP contribution in [0, 0.1) is 12.8 Å². The first-order chi connectivity index (χ1) is 12.2. The number of amides is 1. The second-order valence-corrected chi connectivity index (χ2v) is 6.82. The molecule has 2 heteroatoms. The number of nitrogens with one attached hydrogen (secondary N) is 1. The van der Waals surface area contributed by atoms with Crippen LogP contribution in [-0.2, 0) is 10.2 Å². The van der Waals surface area contributed by atoms with E-state index in [1.54, 1.807) is 0 Å². The molecule has 0 aliphatic heterocycles. The van der Waals surface area contributed by atoms with Gasteiger partial charge in [-0.3, -0.25) is 4.79 Å². The van der Waals surface area contributed by atoms with Gasteiger partial charge in [0.1, 0.15) is 0 Å². The van der Waals surface area contributed by atoms with Crippen LogP contribution in [0.15, 0.2) is 84.9 Å². The van der Waals surface area contributed by atoms with Crippen LogP contribution in [-0.4, -0.2) is 5.91 Å². The largest absolute Gasteiger partial charge is 0.326 e. The highest BCUT2D eigenvalue weighted by Gasteiger charge is 2.60. The minimum atomic E-state index is -0.211. The molecule has 0 bridgehead atoms. The molecule has 0 radical (unpaired) electrons. The highest BCUT2D eigenvalue weighted by Crippen LogP contribution is 2.59. The Hall–Kier alpha value is -2.87. The van der Waals surface area contributed by atoms with E-state index in [0.717, 1.165) is 12.1 Å². The van der Waals surface area contributed by atoms with E-state index in [2.05, 4.69) is 29.6 Å². The third kappa shape index (κ3) is 2.85. The molecule has 4 rings (SSSR count). The van der Waals surface area contributed by atoms with Crippen LogP contribution in [0.5, 0.6) is 0 Å². The fourth-order valence-corrected chi connectivity index (χ4v) is 3.72. The molecular formula is C23H21NO. The van der Waals surface area contributed by atoms with Crippen LogP contribution in [0.25, 0.3) is 0 Å². The van der Waals surface area contributed by atoms with Gasteiger partial charge in [-0.25, -0.2) is 0 Å². The number of carbonyl (C=O) groups excluding carboxylic acids is 1.